The minimum absolute atomic E-state index is 1.17. The quantitative estimate of drug-likeness (QED) is 0.661. The molecule has 0 atom stereocenters. The van der Waals surface area contributed by atoms with Gasteiger partial charge in [-0.25, -0.2) is 0 Å². The second-order valence-electron chi connectivity index (χ2n) is 2.49. The molecular formula is C10H13N. The summed E-state index contributed by atoms with van der Waals surface area (Å²) in [5.74, 6) is 0. The Balaban J connectivity index is 3.17. The number of hydrogen-bond acceptors (Lipinski definition) is 0. The molecule has 1 heterocycles. The molecule has 0 aliphatic carbocycles. The van der Waals surface area contributed by atoms with Gasteiger partial charge < -0.3 is 4.98 Å². The maximum atomic E-state index is 3.73. The minimum Gasteiger partial charge on any atom is -0.364 e. The van der Waals surface area contributed by atoms with Crippen molar-refractivity contribution in [1.82, 2.24) is 4.98 Å². The predicted octanol–water partition coefficient (Wildman–Crippen LogP) is 3.00. The van der Waals surface area contributed by atoms with Gasteiger partial charge in [0.25, 0.3) is 0 Å². The van der Waals surface area contributed by atoms with E-state index in [4.69, 9.17) is 0 Å². The van der Waals surface area contributed by atoms with Crippen LogP contribution in [0.1, 0.15) is 23.7 Å². The summed E-state index contributed by atoms with van der Waals surface area (Å²) in [4.78, 5) is 3.15. The van der Waals surface area contributed by atoms with Gasteiger partial charge in [-0.3, -0.25) is 0 Å². The lowest BCUT2D eigenvalue weighted by molar-refractivity contribution is 1.26. The molecule has 0 aliphatic rings. The molecule has 1 aromatic rings. The number of aromatic nitrogens is 1. The summed E-state index contributed by atoms with van der Waals surface area (Å²) in [6, 6.07) is 0. The molecule has 1 nitrogen and oxygen atoms in total. The lowest BCUT2D eigenvalue weighted by Crippen LogP contribution is -1.75. The molecule has 0 aromatic carbocycles. The molecular weight excluding hydrogens is 134 g/mol. The number of rotatable bonds is 2. The van der Waals surface area contributed by atoms with Crippen LogP contribution >= 0.6 is 0 Å². The Morgan fingerprint density at radius 1 is 1.55 bits per heavy atom. The van der Waals surface area contributed by atoms with E-state index in [9.17, 15) is 0 Å². The molecule has 1 heteroatoms. The Bertz CT molecular complexity index is 279. The molecule has 0 bridgehead atoms. The Morgan fingerprint density at radius 2 is 2.27 bits per heavy atom. The molecule has 0 fully saturated rings. The number of aromatic amines is 1. The molecule has 0 saturated carbocycles. The maximum Gasteiger partial charge on any atom is 0.0195 e. The van der Waals surface area contributed by atoms with Gasteiger partial charge in [-0.05, 0) is 19.4 Å². The minimum atomic E-state index is 1.17. The van der Waals surface area contributed by atoms with E-state index >= 15 is 0 Å². The van der Waals surface area contributed by atoms with Crippen molar-refractivity contribution in [1.29, 1.82) is 0 Å². The summed E-state index contributed by atoms with van der Waals surface area (Å²) in [5, 5.41) is 0. The number of nitrogens with one attached hydrogen (secondary N) is 1. The van der Waals surface area contributed by atoms with Crippen LogP contribution in [0, 0.1) is 6.92 Å². The molecule has 0 saturated heterocycles. The third kappa shape index (κ3) is 1.43. The zero-order valence-electron chi connectivity index (χ0n) is 7.02. The Hall–Kier alpha value is -1.24. The molecule has 0 spiro atoms. The van der Waals surface area contributed by atoms with E-state index in [1.165, 1.54) is 16.8 Å². The first-order valence-electron chi connectivity index (χ1n) is 3.72. The van der Waals surface area contributed by atoms with Crippen LogP contribution in [0.5, 0.6) is 0 Å². The maximum absolute atomic E-state index is 3.73. The Labute approximate surface area is 67.5 Å². The van der Waals surface area contributed by atoms with E-state index in [2.05, 4.69) is 24.6 Å². The third-order valence-corrected chi connectivity index (χ3v) is 1.71. The first-order valence-corrected chi connectivity index (χ1v) is 3.72. The van der Waals surface area contributed by atoms with Gasteiger partial charge in [0.2, 0.25) is 0 Å². The third-order valence-electron chi connectivity index (χ3n) is 1.71. The average Bonchev–Trinajstić information content (AvgIpc) is 2.34. The van der Waals surface area contributed by atoms with Crippen molar-refractivity contribution in [3.8, 4) is 0 Å². The van der Waals surface area contributed by atoms with Crippen LogP contribution in [0.4, 0.5) is 0 Å². The van der Waals surface area contributed by atoms with Gasteiger partial charge in [0.05, 0.1) is 0 Å². The topological polar surface area (TPSA) is 15.8 Å². The van der Waals surface area contributed by atoms with Crippen molar-refractivity contribution >= 4 is 12.2 Å². The first kappa shape index (κ1) is 7.86. The van der Waals surface area contributed by atoms with Gasteiger partial charge >= 0.3 is 0 Å². The van der Waals surface area contributed by atoms with Crippen molar-refractivity contribution < 1.29 is 0 Å². The van der Waals surface area contributed by atoms with Gasteiger partial charge in [-0.1, -0.05) is 24.8 Å². The van der Waals surface area contributed by atoms with Crippen LogP contribution in [0.25, 0.3) is 12.2 Å². The molecule has 11 heavy (non-hydrogen) atoms. The molecule has 0 aliphatic heterocycles. The first-order chi connectivity index (χ1) is 5.29. The van der Waals surface area contributed by atoms with Crippen molar-refractivity contribution in [2.75, 3.05) is 0 Å². The van der Waals surface area contributed by atoms with Crippen LogP contribution in [0.15, 0.2) is 18.9 Å². The molecule has 0 amide bonds. The summed E-state index contributed by atoms with van der Waals surface area (Å²) in [7, 11) is 0. The van der Waals surface area contributed by atoms with Crippen molar-refractivity contribution in [2.24, 2.45) is 0 Å². The van der Waals surface area contributed by atoms with Crippen molar-refractivity contribution in [3.05, 3.63) is 35.7 Å². The highest BCUT2D eigenvalue weighted by molar-refractivity contribution is 5.65. The van der Waals surface area contributed by atoms with E-state index < -0.39 is 0 Å². The van der Waals surface area contributed by atoms with Crippen LogP contribution in [-0.4, -0.2) is 4.98 Å². The number of allylic oxidation sites excluding steroid dienone is 1. The summed E-state index contributed by atoms with van der Waals surface area (Å²) in [6.07, 6.45) is 7.95. The van der Waals surface area contributed by atoms with Crippen LogP contribution in [-0.2, 0) is 0 Å². The lowest BCUT2D eigenvalue weighted by Gasteiger charge is -1.91. The predicted molar refractivity (Wildman–Crippen MR) is 50.3 cm³/mol. The number of hydrogen-bond donors (Lipinski definition) is 1. The normalized spacial score (nSPS) is 10.7. The fourth-order valence-electron chi connectivity index (χ4n) is 1.11. The molecule has 1 rings (SSSR count). The zero-order valence-corrected chi connectivity index (χ0v) is 7.02. The van der Waals surface area contributed by atoms with Gasteiger partial charge in [0.1, 0.15) is 0 Å². The number of aryl methyl sites for hydroxylation is 1. The van der Waals surface area contributed by atoms with E-state index in [-0.39, 0.29) is 0 Å². The van der Waals surface area contributed by atoms with E-state index in [1.54, 1.807) is 0 Å². The van der Waals surface area contributed by atoms with Gasteiger partial charge in [0.15, 0.2) is 0 Å². The summed E-state index contributed by atoms with van der Waals surface area (Å²) < 4.78 is 0. The summed E-state index contributed by atoms with van der Waals surface area (Å²) in [6.45, 7) is 7.80. The SMILES string of the molecule is C=Cc1c[nH]c(C)c1/C=C\C. The Kier molecular flexibility index (Phi) is 2.32. The van der Waals surface area contributed by atoms with Crippen LogP contribution in [0.2, 0.25) is 0 Å². The van der Waals surface area contributed by atoms with Crippen molar-refractivity contribution in [3.63, 3.8) is 0 Å². The molecule has 0 radical (unpaired) electrons. The van der Waals surface area contributed by atoms with Gasteiger partial charge in [-0.2, -0.15) is 0 Å². The molecule has 1 N–H and O–H groups in total. The van der Waals surface area contributed by atoms with Crippen LogP contribution < -0.4 is 0 Å². The zero-order chi connectivity index (χ0) is 8.27. The average molecular weight is 147 g/mol. The van der Waals surface area contributed by atoms with E-state index in [0.29, 0.717) is 0 Å². The smallest absolute Gasteiger partial charge is 0.0195 e. The summed E-state index contributed by atoms with van der Waals surface area (Å²) >= 11 is 0. The summed E-state index contributed by atoms with van der Waals surface area (Å²) in [5.41, 5.74) is 3.60. The highest BCUT2D eigenvalue weighted by Crippen LogP contribution is 2.15. The standard InChI is InChI=1S/C10H13N/c1-4-6-10-8(3)11-7-9(10)5-2/h4-7,11H,2H2,1,3H3/b6-4-. The van der Waals surface area contributed by atoms with E-state index in [1.807, 2.05) is 25.3 Å². The second kappa shape index (κ2) is 3.24. The fourth-order valence-corrected chi connectivity index (χ4v) is 1.11. The monoisotopic (exact) mass is 147 g/mol. The largest absolute Gasteiger partial charge is 0.364 e. The van der Waals surface area contributed by atoms with Gasteiger partial charge in [-0.15, -0.1) is 0 Å². The number of H-pyrrole nitrogens is 1. The highest BCUT2D eigenvalue weighted by Gasteiger charge is 1.99. The Morgan fingerprint density at radius 3 is 2.82 bits per heavy atom. The van der Waals surface area contributed by atoms with Crippen molar-refractivity contribution in [2.45, 2.75) is 13.8 Å². The van der Waals surface area contributed by atoms with Crippen LogP contribution in [0.3, 0.4) is 0 Å². The highest BCUT2D eigenvalue weighted by atomic mass is 14.7. The van der Waals surface area contributed by atoms with Gasteiger partial charge in [0, 0.05) is 17.5 Å². The second-order valence-corrected chi connectivity index (χ2v) is 2.49. The molecule has 58 valence electrons. The van der Waals surface area contributed by atoms with E-state index in [0.717, 1.165) is 0 Å². The molecule has 0 unspecified atom stereocenters. The lowest BCUT2D eigenvalue weighted by atomic mass is 10.1. The fraction of sp³-hybridized carbons (Fsp3) is 0.200. The molecule has 1 aromatic heterocycles.